The number of ether oxygens (including phenoxy) is 5. The number of H-pyrrole nitrogens is 1. The summed E-state index contributed by atoms with van der Waals surface area (Å²) in [5.41, 5.74) is -2.06. The first-order valence-corrected chi connectivity index (χ1v) is 25.2. The van der Waals surface area contributed by atoms with Crippen LogP contribution in [0.25, 0.3) is 0 Å². The number of nitrogens with zero attached hydrogens (tertiary/aromatic N) is 1. The van der Waals surface area contributed by atoms with E-state index in [2.05, 4.69) is 48.6 Å². The van der Waals surface area contributed by atoms with Gasteiger partial charge < -0.3 is 59.0 Å². The van der Waals surface area contributed by atoms with Gasteiger partial charge in [0.2, 0.25) is 11.8 Å². The highest BCUT2D eigenvalue weighted by Gasteiger charge is 2.43. The van der Waals surface area contributed by atoms with E-state index in [1.54, 1.807) is 0 Å². The van der Waals surface area contributed by atoms with Crippen LogP contribution in [0.2, 0.25) is 0 Å². The Morgan fingerprint density at radius 1 is 0.776 bits per heavy atom. The predicted octanol–water partition coefficient (Wildman–Crippen LogP) is 2.10. The van der Waals surface area contributed by atoms with Crippen molar-refractivity contribution in [2.45, 2.75) is 57.5 Å². The average molecular weight is 1010 g/mol. The van der Waals surface area contributed by atoms with Gasteiger partial charge in [0.25, 0.3) is 5.56 Å². The third kappa shape index (κ3) is 29.3. The summed E-state index contributed by atoms with van der Waals surface area (Å²) in [6.45, 7) is 3.68. The van der Waals surface area contributed by atoms with Gasteiger partial charge in [0, 0.05) is 32.0 Å². The predicted molar refractivity (Wildman–Crippen MR) is 241 cm³/mol. The Hall–Kier alpha value is -4.21. The van der Waals surface area contributed by atoms with E-state index in [9.17, 15) is 47.8 Å². The largest absolute Gasteiger partial charge is 0.490 e. The number of aliphatic hydroxyl groups excluding tert-OH is 1. The molecule has 1 saturated heterocycles. The minimum atomic E-state index is -5.78. The number of aromatic amines is 1. The summed E-state index contributed by atoms with van der Waals surface area (Å²) in [6.07, 6.45) is 22.0. The number of phosphoric acid groups is 3. The molecule has 8 N–H and O–H groups in total. The van der Waals surface area contributed by atoms with Crippen molar-refractivity contribution in [1.29, 1.82) is 0 Å². The van der Waals surface area contributed by atoms with Crippen molar-refractivity contribution in [2.24, 2.45) is 0 Å². The van der Waals surface area contributed by atoms with Crippen molar-refractivity contribution in [3.05, 3.63) is 106 Å². The molecule has 0 radical (unpaired) electrons. The van der Waals surface area contributed by atoms with E-state index in [4.69, 9.17) is 33.5 Å². The van der Waals surface area contributed by atoms with Crippen LogP contribution in [0, 0.1) is 11.8 Å². The molecular formula is C40H59N4O20P3. The maximum atomic E-state index is 12.5. The molecule has 1 aromatic rings. The van der Waals surface area contributed by atoms with Crippen LogP contribution in [0.3, 0.4) is 0 Å². The molecular weight excluding hydrogens is 949 g/mol. The Balaban J connectivity index is 1.51. The molecule has 2 heterocycles. The summed E-state index contributed by atoms with van der Waals surface area (Å²) < 4.78 is 74.1. The molecule has 5 atom stereocenters. The fourth-order valence-electron chi connectivity index (χ4n) is 5.06. The zero-order chi connectivity index (χ0) is 49.4. The number of hydrogen-bond donors (Lipinski definition) is 8. The molecule has 0 bridgehead atoms. The van der Waals surface area contributed by atoms with Gasteiger partial charge in [0.15, 0.2) is 0 Å². The van der Waals surface area contributed by atoms with Gasteiger partial charge in [-0.2, -0.15) is 8.62 Å². The first-order valence-electron chi connectivity index (χ1n) is 20.7. The Bertz CT molecular complexity index is 2190. The van der Waals surface area contributed by atoms with Gasteiger partial charge in [0.1, 0.15) is 17.9 Å². The van der Waals surface area contributed by atoms with E-state index in [1.807, 2.05) is 71.8 Å². The molecule has 0 spiro atoms. The zero-order valence-corrected chi connectivity index (χ0v) is 39.4. The van der Waals surface area contributed by atoms with Crippen LogP contribution >= 0.6 is 23.5 Å². The van der Waals surface area contributed by atoms with Gasteiger partial charge in [-0.3, -0.25) is 28.5 Å². The number of aromatic nitrogens is 2. The monoisotopic (exact) mass is 1010 g/mol. The molecule has 374 valence electrons. The second kappa shape index (κ2) is 33.3. The summed E-state index contributed by atoms with van der Waals surface area (Å²) in [7, 11) is -16.9. The van der Waals surface area contributed by atoms with Crippen molar-refractivity contribution in [3.8, 4) is 11.8 Å². The van der Waals surface area contributed by atoms with Gasteiger partial charge in [0.05, 0.1) is 72.1 Å². The van der Waals surface area contributed by atoms with Crippen molar-refractivity contribution >= 4 is 35.3 Å². The SMILES string of the molecule is CC/C=C/C=C/C=C/C=C/C=C/C=C/CCC(=O)NCCOCCOCCOCCOCCC(=O)NCC#Cc1cn([C@H]2C[C@H](O)[C@@H](COP(=O)(O)OP(=O)(O)OP(=O)(O)O)O2)c(=O)[nH]c1=O. The van der Waals surface area contributed by atoms with Crippen LogP contribution in [0.5, 0.6) is 0 Å². The zero-order valence-electron chi connectivity index (χ0n) is 36.7. The second-order valence-electron chi connectivity index (χ2n) is 13.5. The number of phosphoric ester groups is 1. The number of rotatable bonds is 33. The minimum absolute atomic E-state index is 0.00725. The van der Waals surface area contributed by atoms with Gasteiger partial charge in [-0.25, -0.2) is 18.5 Å². The molecule has 2 rings (SSSR count). The number of aliphatic hydroxyl groups is 1. The Labute approximate surface area is 386 Å². The van der Waals surface area contributed by atoms with Crippen LogP contribution in [-0.4, -0.2) is 131 Å². The lowest BCUT2D eigenvalue weighted by Gasteiger charge is -2.19. The van der Waals surface area contributed by atoms with Crippen molar-refractivity contribution < 1.29 is 84.8 Å². The fourth-order valence-corrected chi connectivity index (χ4v) is 8.09. The molecule has 2 amide bonds. The topological polar surface area (TPSA) is 339 Å². The summed E-state index contributed by atoms with van der Waals surface area (Å²) >= 11 is 0. The molecule has 1 aromatic heterocycles. The first kappa shape index (κ1) is 58.9. The molecule has 1 aliphatic rings. The second-order valence-corrected chi connectivity index (χ2v) is 17.9. The molecule has 24 nitrogen and oxygen atoms in total. The van der Waals surface area contributed by atoms with Crippen molar-refractivity contribution in [1.82, 2.24) is 20.2 Å². The van der Waals surface area contributed by atoms with E-state index >= 15 is 0 Å². The van der Waals surface area contributed by atoms with Crippen LogP contribution in [0.1, 0.15) is 50.8 Å². The summed E-state index contributed by atoms with van der Waals surface area (Å²) in [6, 6.07) is 0. The molecule has 0 aliphatic carbocycles. The van der Waals surface area contributed by atoms with Crippen LogP contribution in [-0.2, 0) is 60.1 Å². The Morgan fingerprint density at radius 3 is 1.93 bits per heavy atom. The van der Waals surface area contributed by atoms with Crippen LogP contribution in [0.4, 0.5) is 0 Å². The van der Waals surface area contributed by atoms with Crippen LogP contribution in [0.15, 0.2) is 88.7 Å². The first-order chi connectivity index (χ1) is 31.9. The normalized spacial score (nSPS) is 18.6. The third-order valence-corrected chi connectivity index (χ3v) is 11.9. The van der Waals surface area contributed by atoms with Crippen LogP contribution < -0.4 is 21.9 Å². The average Bonchev–Trinajstić information content (AvgIpc) is 3.62. The third-order valence-electron chi connectivity index (χ3n) is 8.10. The maximum Gasteiger partial charge on any atom is 0.490 e. The molecule has 0 aromatic carbocycles. The van der Waals surface area contributed by atoms with Crippen molar-refractivity contribution in [2.75, 3.05) is 72.6 Å². The van der Waals surface area contributed by atoms with Gasteiger partial charge >= 0.3 is 29.2 Å². The molecule has 1 aliphatic heterocycles. The number of hydrogen-bond acceptors (Lipinski definition) is 16. The standard InChI is InChI=1S/C40H59N4O20P3/c1-2-3-4-5-6-7-8-9-10-11-12-13-14-15-18-36(46)42-21-23-58-25-27-60-29-28-59-26-24-57-22-19-37(47)41-20-16-17-33-31-44(40(49)43-39(33)48)38-30-34(45)35(62-38)32-61-66(53,54)64-67(55,56)63-65(50,51)52/h3-14,31,34-35,38,45H,2,15,18-30,32H2,1H3,(H,41,47)(H,42,46)(H,53,54)(H,55,56)(H,43,48,49)(H2,50,51,52)/b4-3+,6-5+,8-7+,10-9+,12-11+,14-13+/t34-,35+,38+/m0/s1. The Morgan fingerprint density at radius 2 is 1.33 bits per heavy atom. The van der Waals surface area contributed by atoms with Gasteiger partial charge in [-0.1, -0.05) is 91.7 Å². The molecule has 27 heteroatoms. The number of allylic oxidation sites excluding steroid dienone is 12. The number of nitrogens with one attached hydrogen (secondary N) is 3. The number of amides is 2. The number of carbonyl (C=O) groups is 2. The highest BCUT2D eigenvalue weighted by atomic mass is 31.3. The van der Waals surface area contributed by atoms with E-state index in [1.165, 1.54) is 0 Å². The quantitative estimate of drug-likeness (QED) is 0.0216. The maximum absolute atomic E-state index is 12.5. The lowest BCUT2D eigenvalue weighted by atomic mass is 10.2. The highest BCUT2D eigenvalue weighted by Crippen LogP contribution is 2.66. The smallest absolute Gasteiger partial charge is 0.390 e. The van der Waals surface area contributed by atoms with Gasteiger partial charge in [-0.15, -0.1) is 0 Å². The molecule has 1 fully saturated rings. The van der Waals surface area contributed by atoms with E-state index < -0.39 is 65.7 Å². The highest BCUT2D eigenvalue weighted by molar-refractivity contribution is 7.66. The summed E-state index contributed by atoms with van der Waals surface area (Å²) in [4.78, 5) is 87.1. The van der Waals surface area contributed by atoms with E-state index in [0.29, 0.717) is 52.4 Å². The Kier molecular flexibility index (Phi) is 29.3. The molecule has 2 unspecified atom stereocenters. The van der Waals surface area contributed by atoms with Crippen molar-refractivity contribution in [3.63, 3.8) is 0 Å². The number of carbonyl (C=O) groups excluding carboxylic acids is 2. The molecule has 67 heavy (non-hydrogen) atoms. The minimum Gasteiger partial charge on any atom is -0.390 e. The van der Waals surface area contributed by atoms with Gasteiger partial charge in [-0.05, 0) is 12.8 Å². The van der Waals surface area contributed by atoms with E-state index in [0.717, 1.165) is 17.2 Å². The fraction of sp³-hybridized carbons (Fsp3) is 0.500. The lowest BCUT2D eigenvalue weighted by Crippen LogP contribution is -2.34. The molecule has 0 saturated carbocycles. The lowest BCUT2D eigenvalue weighted by molar-refractivity contribution is -0.122. The summed E-state index contributed by atoms with van der Waals surface area (Å²) in [5, 5.41) is 15.7. The summed E-state index contributed by atoms with van der Waals surface area (Å²) in [5.74, 6) is 4.62. The van der Waals surface area contributed by atoms with E-state index in [-0.39, 0.29) is 50.7 Å².